The van der Waals surface area contributed by atoms with Gasteiger partial charge in [0.15, 0.2) is 11.6 Å². The van der Waals surface area contributed by atoms with Crippen molar-refractivity contribution in [2.75, 3.05) is 16.5 Å². The van der Waals surface area contributed by atoms with Gasteiger partial charge in [0.2, 0.25) is 0 Å². The fourth-order valence-electron chi connectivity index (χ4n) is 3.05. The van der Waals surface area contributed by atoms with Gasteiger partial charge >= 0.3 is 0 Å². The van der Waals surface area contributed by atoms with E-state index in [2.05, 4.69) is 26.1 Å². The van der Waals surface area contributed by atoms with Crippen LogP contribution in [0.3, 0.4) is 0 Å². The van der Waals surface area contributed by atoms with Crippen LogP contribution in [0.4, 0.5) is 17.3 Å². The van der Waals surface area contributed by atoms with E-state index in [4.69, 9.17) is 17.3 Å². The summed E-state index contributed by atoms with van der Waals surface area (Å²) in [4.78, 5) is 20.5. The second-order valence-corrected chi connectivity index (χ2v) is 6.84. The lowest BCUT2D eigenvalue weighted by atomic mass is 10.1. The molecular weight excluding hydrogens is 352 g/mol. The molecular formula is C18H23ClN6O. The first-order valence-corrected chi connectivity index (χ1v) is 9.20. The van der Waals surface area contributed by atoms with Gasteiger partial charge in [0.25, 0.3) is 5.91 Å². The van der Waals surface area contributed by atoms with Gasteiger partial charge in [-0.3, -0.25) is 15.6 Å². The van der Waals surface area contributed by atoms with E-state index in [1.54, 1.807) is 24.3 Å². The molecule has 1 fully saturated rings. The van der Waals surface area contributed by atoms with Crippen LogP contribution in [-0.4, -0.2) is 21.9 Å². The minimum Gasteiger partial charge on any atom is -0.393 e. The molecule has 1 amide bonds. The molecule has 5 N–H and O–H groups in total. The Labute approximate surface area is 157 Å². The van der Waals surface area contributed by atoms with Gasteiger partial charge in [-0.1, -0.05) is 43.4 Å². The van der Waals surface area contributed by atoms with E-state index >= 15 is 0 Å². The summed E-state index contributed by atoms with van der Waals surface area (Å²) in [6.45, 7) is 0. The number of nitrogen functional groups attached to an aromatic ring is 1. The number of hydrazine groups is 1. The fraction of sp³-hybridized carbons (Fsp3) is 0.389. The summed E-state index contributed by atoms with van der Waals surface area (Å²) in [6, 6.07) is 7.04. The Morgan fingerprint density at radius 3 is 2.58 bits per heavy atom. The number of hydrogen-bond acceptors (Lipinski definition) is 6. The highest BCUT2D eigenvalue weighted by Gasteiger charge is 2.16. The Bertz CT molecular complexity index is 761. The smallest absolute Gasteiger partial charge is 0.269 e. The highest BCUT2D eigenvalue weighted by Crippen LogP contribution is 2.26. The summed E-state index contributed by atoms with van der Waals surface area (Å²) in [5, 5.41) is 3.90. The van der Waals surface area contributed by atoms with Crippen LogP contribution in [-0.2, 0) is 0 Å². The summed E-state index contributed by atoms with van der Waals surface area (Å²) >= 11 is 5.91. The fourth-order valence-corrected chi connectivity index (χ4v) is 3.24. The van der Waals surface area contributed by atoms with E-state index in [-0.39, 0.29) is 5.91 Å². The quantitative estimate of drug-likeness (QED) is 0.470. The molecule has 0 unspecified atom stereocenters. The van der Waals surface area contributed by atoms with Crippen molar-refractivity contribution >= 4 is 34.8 Å². The predicted molar refractivity (Wildman–Crippen MR) is 104 cm³/mol. The SMILES string of the molecule is Nc1c(NNC(=O)c2cccc(Cl)c2)ncnc1NC1CCCCCC1. The Morgan fingerprint density at radius 2 is 1.85 bits per heavy atom. The van der Waals surface area contributed by atoms with Gasteiger partial charge in [0.1, 0.15) is 12.0 Å². The Hall–Kier alpha value is -2.54. The molecule has 0 aliphatic heterocycles. The molecule has 1 aliphatic rings. The summed E-state index contributed by atoms with van der Waals surface area (Å²) in [7, 11) is 0. The first kappa shape index (κ1) is 18.3. The number of rotatable bonds is 5. The highest BCUT2D eigenvalue weighted by atomic mass is 35.5. The number of anilines is 3. The molecule has 1 heterocycles. The molecule has 1 aromatic carbocycles. The molecule has 138 valence electrons. The molecule has 2 aromatic rings. The number of amides is 1. The van der Waals surface area contributed by atoms with E-state index < -0.39 is 0 Å². The molecule has 1 aliphatic carbocycles. The van der Waals surface area contributed by atoms with E-state index in [1.807, 2.05) is 0 Å². The lowest BCUT2D eigenvalue weighted by molar-refractivity contribution is 0.0962. The Morgan fingerprint density at radius 1 is 1.12 bits per heavy atom. The van der Waals surface area contributed by atoms with Crippen molar-refractivity contribution in [1.82, 2.24) is 15.4 Å². The molecule has 0 atom stereocenters. The standard InChI is InChI=1S/C18H23ClN6O/c19-13-7-5-6-12(10-13)18(26)25-24-17-15(20)16(21-11-22-17)23-14-8-3-1-2-4-9-14/h5-7,10-11,14H,1-4,8-9,20H2,(H,25,26)(H2,21,22,23,24). The summed E-state index contributed by atoms with van der Waals surface area (Å²) in [6.07, 6.45) is 8.62. The highest BCUT2D eigenvalue weighted by molar-refractivity contribution is 6.30. The number of carbonyl (C=O) groups is 1. The average Bonchev–Trinajstić information content (AvgIpc) is 2.91. The number of nitrogens with one attached hydrogen (secondary N) is 3. The van der Waals surface area contributed by atoms with Gasteiger partial charge < -0.3 is 11.1 Å². The topological polar surface area (TPSA) is 105 Å². The number of benzene rings is 1. The second kappa shape index (κ2) is 8.71. The monoisotopic (exact) mass is 374 g/mol. The van der Waals surface area contributed by atoms with E-state index in [1.165, 1.54) is 32.0 Å². The summed E-state index contributed by atoms with van der Waals surface area (Å²) in [5.41, 5.74) is 12.3. The molecule has 0 saturated heterocycles. The minimum atomic E-state index is -0.330. The summed E-state index contributed by atoms with van der Waals surface area (Å²) in [5.74, 6) is 0.613. The molecule has 1 aromatic heterocycles. The van der Waals surface area contributed by atoms with Crippen LogP contribution in [0.5, 0.6) is 0 Å². The maximum absolute atomic E-state index is 12.2. The Balaban J connectivity index is 1.64. The lowest BCUT2D eigenvalue weighted by Gasteiger charge is -2.19. The van der Waals surface area contributed by atoms with Crippen LogP contribution in [0.2, 0.25) is 5.02 Å². The van der Waals surface area contributed by atoms with Gasteiger partial charge in [0.05, 0.1) is 0 Å². The molecule has 3 rings (SSSR count). The number of aromatic nitrogens is 2. The third kappa shape index (κ3) is 4.76. The van der Waals surface area contributed by atoms with Gasteiger partial charge in [-0.05, 0) is 31.0 Å². The van der Waals surface area contributed by atoms with Gasteiger partial charge in [-0.25, -0.2) is 9.97 Å². The molecule has 8 heteroatoms. The van der Waals surface area contributed by atoms with E-state index in [9.17, 15) is 4.79 Å². The third-order valence-corrected chi connectivity index (χ3v) is 4.70. The van der Waals surface area contributed by atoms with Crippen LogP contribution < -0.4 is 21.9 Å². The van der Waals surface area contributed by atoms with Crippen molar-refractivity contribution in [2.45, 2.75) is 44.6 Å². The zero-order valence-electron chi connectivity index (χ0n) is 14.5. The molecule has 0 bridgehead atoms. The van der Waals surface area contributed by atoms with Crippen LogP contribution in [0.15, 0.2) is 30.6 Å². The number of nitrogens with two attached hydrogens (primary N) is 1. The molecule has 26 heavy (non-hydrogen) atoms. The van der Waals surface area contributed by atoms with Crippen molar-refractivity contribution in [3.8, 4) is 0 Å². The van der Waals surface area contributed by atoms with Gasteiger partial charge in [-0.2, -0.15) is 0 Å². The molecule has 0 spiro atoms. The van der Waals surface area contributed by atoms with Crippen molar-refractivity contribution in [2.24, 2.45) is 0 Å². The zero-order valence-corrected chi connectivity index (χ0v) is 15.2. The minimum absolute atomic E-state index is 0.330. The van der Waals surface area contributed by atoms with Gasteiger partial charge in [-0.15, -0.1) is 0 Å². The van der Waals surface area contributed by atoms with Crippen molar-refractivity contribution in [3.63, 3.8) is 0 Å². The maximum Gasteiger partial charge on any atom is 0.269 e. The van der Waals surface area contributed by atoms with Crippen LogP contribution in [0.25, 0.3) is 0 Å². The maximum atomic E-state index is 12.2. The van der Waals surface area contributed by atoms with E-state index in [0.29, 0.717) is 34.0 Å². The predicted octanol–water partition coefficient (Wildman–Crippen LogP) is 3.60. The van der Waals surface area contributed by atoms with Crippen LogP contribution in [0, 0.1) is 0 Å². The van der Waals surface area contributed by atoms with E-state index in [0.717, 1.165) is 12.8 Å². The van der Waals surface area contributed by atoms with Crippen molar-refractivity contribution in [1.29, 1.82) is 0 Å². The van der Waals surface area contributed by atoms with Gasteiger partial charge in [0, 0.05) is 16.6 Å². The van der Waals surface area contributed by atoms with Crippen LogP contribution >= 0.6 is 11.6 Å². The Kier molecular flexibility index (Phi) is 6.12. The zero-order chi connectivity index (χ0) is 18.4. The molecule has 0 radical (unpaired) electrons. The van der Waals surface area contributed by atoms with Crippen molar-refractivity contribution in [3.05, 3.63) is 41.2 Å². The number of halogens is 1. The first-order chi connectivity index (χ1) is 12.6. The average molecular weight is 375 g/mol. The largest absolute Gasteiger partial charge is 0.393 e. The lowest BCUT2D eigenvalue weighted by Crippen LogP contribution is -2.30. The number of carbonyl (C=O) groups excluding carboxylic acids is 1. The molecule has 7 nitrogen and oxygen atoms in total. The van der Waals surface area contributed by atoms with Crippen molar-refractivity contribution < 1.29 is 4.79 Å². The summed E-state index contributed by atoms with van der Waals surface area (Å²) < 4.78 is 0. The normalized spacial score (nSPS) is 15.1. The first-order valence-electron chi connectivity index (χ1n) is 8.82. The molecule has 1 saturated carbocycles. The second-order valence-electron chi connectivity index (χ2n) is 6.41. The third-order valence-electron chi connectivity index (χ3n) is 4.46. The number of hydrogen-bond donors (Lipinski definition) is 4. The van der Waals surface area contributed by atoms with Crippen LogP contribution in [0.1, 0.15) is 48.9 Å². The number of nitrogens with zero attached hydrogens (tertiary/aromatic N) is 2.